The lowest BCUT2D eigenvalue weighted by molar-refractivity contribution is -0.123. The number of urea groups is 1. The fourth-order valence-corrected chi connectivity index (χ4v) is 1.04. The number of carbonyl (C=O) groups excluding carboxylic acids is 1. The molecule has 0 bridgehead atoms. The van der Waals surface area contributed by atoms with Crippen molar-refractivity contribution in [1.82, 2.24) is 10.2 Å². The Morgan fingerprint density at radius 2 is 2.12 bits per heavy atom. The maximum absolute atomic E-state index is 11.9. The Morgan fingerprint density at radius 1 is 1.53 bits per heavy atom. The summed E-state index contributed by atoms with van der Waals surface area (Å²) in [5.74, 6) is -0.249. The second-order valence-electron chi connectivity index (χ2n) is 3.29. The summed E-state index contributed by atoms with van der Waals surface area (Å²) >= 11 is 0. The number of nitrogens with zero attached hydrogens (tertiary/aromatic N) is 2. The van der Waals surface area contributed by atoms with Crippen molar-refractivity contribution in [1.29, 1.82) is 0 Å². The molecule has 0 aliphatic heterocycles. The molecule has 0 aromatic carbocycles. The Kier molecular flexibility index (Phi) is 6.15. The van der Waals surface area contributed by atoms with Crippen LogP contribution in [-0.4, -0.2) is 47.8 Å². The van der Waals surface area contributed by atoms with Gasteiger partial charge in [-0.1, -0.05) is 12.1 Å². The Balaban J connectivity index is 4.34. The number of halogens is 3. The minimum Gasteiger partial charge on any atom is -0.409 e. The molecule has 0 unspecified atom stereocenters. The quantitative estimate of drug-likeness (QED) is 0.293. The molecule has 0 saturated carbocycles. The van der Waals surface area contributed by atoms with Crippen LogP contribution in [0.5, 0.6) is 0 Å². The molecule has 0 aliphatic carbocycles. The fraction of sp³-hybridized carbons (Fsp3) is 0.750. The van der Waals surface area contributed by atoms with Crippen molar-refractivity contribution in [2.24, 2.45) is 10.9 Å². The van der Waals surface area contributed by atoms with E-state index in [0.717, 1.165) is 4.90 Å². The molecule has 4 N–H and O–H groups in total. The van der Waals surface area contributed by atoms with E-state index in [-0.39, 0.29) is 18.9 Å². The summed E-state index contributed by atoms with van der Waals surface area (Å²) in [6, 6.07) is -0.907. The Labute approximate surface area is 96.2 Å². The van der Waals surface area contributed by atoms with Crippen molar-refractivity contribution in [2.45, 2.75) is 19.5 Å². The van der Waals surface area contributed by atoms with Gasteiger partial charge in [-0.2, -0.15) is 13.2 Å². The van der Waals surface area contributed by atoms with Crippen LogP contribution in [0, 0.1) is 0 Å². The van der Waals surface area contributed by atoms with Crippen LogP contribution in [-0.2, 0) is 0 Å². The number of nitrogens with one attached hydrogen (secondary N) is 1. The van der Waals surface area contributed by atoms with Gasteiger partial charge in [0.05, 0.1) is 6.54 Å². The molecule has 0 saturated heterocycles. The maximum Gasteiger partial charge on any atom is 0.405 e. The van der Waals surface area contributed by atoms with E-state index in [1.54, 1.807) is 12.2 Å². The van der Waals surface area contributed by atoms with Crippen molar-refractivity contribution in [3.05, 3.63) is 0 Å². The molecule has 0 atom stereocenters. The number of rotatable bonds is 5. The zero-order valence-corrected chi connectivity index (χ0v) is 9.29. The average molecular weight is 256 g/mol. The van der Waals surface area contributed by atoms with Crippen LogP contribution in [0.15, 0.2) is 5.16 Å². The molecule has 0 heterocycles. The van der Waals surface area contributed by atoms with E-state index in [9.17, 15) is 18.0 Å². The summed E-state index contributed by atoms with van der Waals surface area (Å²) in [7, 11) is 0. The van der Waals surface area contributed by atoms with Gasteiger partial charge in [0.15, 0.2) is 5.84 Å². The highest BCUT2D eigenvalue weighted by atomic mass is 19.4. The normalized spacial score (nSPS) is 12.4. The molecular formula is C8H15F3N4O2. The minimum atomic E-state index is -4.47. The Hall–Kier alpha value is -1.67. The molecule has 0 aromatic heterocycles. The van der Waals surface area contributed by atoms with E-state index in [1.165, 1.54) is 0 Å². The lowest BCUT2D eigenvalue weighted by Gasteiger charge is -2.22. The predicted octanol–water partition coefficient (Wildman–Crippen LogP) is 0.717. The van der Waals surface area contributed by atoms with Crippen molar-refractivity contribution >= 4 is 11.9 Å². The predicted molar refractivity (Wildman–Crippen MR) is 54.7 cm³/mol. The van der Waals surface area contributed by atoms with E-state index in [4.69, 9.17) is 10.9 Å². The molecule has 0 aliphatic rings. The number of amidine groups is 1. The number of amides is 2. The zero-order chi connectivity index (χ0) is 13.5. The van der Waals surface area contributed by atoms with Gasteiger partial charge in [0.1, 0.15) is 6.54 Å². The number of oxime groups is 1. The van der Waals surface area contributed by atoms with Gasteiger partial charge in [-0.05, 0) is 6.42 Å². The molecule has 0 aromatic rings. The molecule has 0 fully saturated rings. The molecule has 0 spiro atoms. The summed E-state index contributed by atoms with van der Waals surface area (Å²) in [6.07, 6.45) is -3.93. The van der Waals surface area contributed by atoms with E-state index in [0.29, 0.717) is 6.42 Å². The lowest BCUT2D eigenvalue weighted by atomic mass is 10.4. The third-order valence-electron chi connectivity index (χ3n) is 1.70. The van der Waals surface area contributed by atoms with E-state index in [2.05, 4.69) is 5.16 Å². The standard InChI is InChI=1S/C8H15F3N4O2/c1-2-3-15(4-6(12)14-17)7(16)13-5-8(9,10)11/h17H,2-5H2,1H3,(H2,12,14)(H,13,16). The van der Waals surface area contributed by atoms with Crippen LogP contribution in [0.25, 0.3) is 0 Å². The second-order valence-corrected chi connectivity index (χ2v) is 3.29. The molecule has 0 radical (unpaired) electrons. The molecule has 17 heavy (non-hydrogen) atoms. The highest BCUT2D eigenvalue weighted by molar-refractivity contribution is 5.86. The SMILES string of the molecule is CCCN(CC(N)=NO)C(=O)NCC(F)(F)F. The highest BCUT2D eigenvalue weighted by Gasteiger charge is 2.28. The zero-order valence-electron chi connectivity index (χ0n) is 9.29. The van der Waals surface area contributed by atoms with E-state index < -0.39 is 18.8 Å². The highest BCUT2D eigenvalue weighted by Crippen LogP contribution is 2.12. The average Bonchev–Trinajstić information content (AvgIpc) is 2.24. The van der Waals surface area contributed by atoms with Crippen LogP contribution in [0.2, 0.25) is 0 Å². The molecule has 9 heteroatoms. The first-order valence-electron chi connectivity index (χ1n) is 4.86. The van der Waals surface area contributed by atoms with Gasteiger partial charge in [0.25, 0.3) is 0 Å². The first kappa shape index (κ1) is 15.3. The summed E-state index contributed by atoms with van der Waals surface area (Å²) in [5, 5.41) is 12.7. The van der Waals surface area contributed by atoms with Gasteiger partial charge in [-0.25, -0.2) is 4.79 Å². The topological polar surface area (TPSA) is 90.9 Å². The molecule has 0 rings (SSSR count). The smallest absolute Gasteiger partial charge is 0.405 e. The molecule has 6 nitrogen and oxygen atoms in total. The molecule has 2 amide bonds. The largest absolute Gasteiger partial charge is 0.409 e. The summed E-state index contributed by atoms with van der Waals surface area (Å²) in [5.41, 5.74) is 5.18. The third kappa shape index (κ3) is 7.25. The van der Waals surface area contributed by atoms with Gasteiger partial charge in [-0.15, -0.1) is 0 Å². The van der Waals surface area contributed by atoms with Crippen LogP contribution in [0.1, 0.15) is 13.3 Å². The van der Waals surface area contributed by atoms with Crippen molar-refractivity contribution in [2.75, 3.05) is 19.6 Å². The lowest BCUT2D eigenvalue weighted by Crippen LogP contribution is -2.47. The van der Waals surface area contributed by atoms with Gasteiger partial charge in [0, 0.05) is 6.54 Å². The van der Waals surface area contributed by atoms with Crippen molar-refractivity contribution < 1.29 is 23.2 Å². The summed E-state index contributed by atoms with van der Waals surface area (Å²) < 4.78 is 35.6. The third-order valence-corrected chi connectivity index (χ3v) is 1.70. The first-order chi connectivity index (χ1) is 7.80. The van der Waals surface area contributed by atoms with Crippen molar-refractivity contribution in [3.8, 4) is 0 Å². The minimum absolute atomic E-state index is 0.208. The first-order valence-corrected chi connectivity index (χ1v) is 4.86. The second kappa shape index (κ2) is 6.81. The van der Waals surface area contributed by atoms with Gasteiger partial charge < -0.3 is 21.2 Å². The van der Waals surface area contributed by atoms with Crippen LogP contribution >= 0.6 is 0 Å². The van der Waals surface area contributed by atoms with Gasteiger partial charge >= 0.3 is 12.2 Å². The number of carbonyl (C=O) groups is 1. The van der Waals surface area contributed by atoms with Crippen LogP contribution in [0.4, 0.5) is 18.0 Å². The number of alkyl halides is 3. The summed E-state index contributed by atoms with van der Waals surface area (Å²) in [6.45, 7) is 0.312. The number of hydrogen-bond donors (Lipinski definition) is 3. The Morgan fingerprint density at radius 3 is 2.53 bits per heavy atom. The number of nitrogens with two attached hydrogens (primary N) is 1. The van der Waals surface area contributed by atoms with Crippen LogP contribution < -0.4 is 11.1 Å². The fourth-order valence-electron chi connectivity index (χ4n) is 1.04. The molecule has 100 valence electrons. The number of hydrogen-bond acceptors (Lipinski definition) is 3. The van der Waals surface area contributed by atoms with Gasteiger partial charge in [-0.3, -0.25) is 0 Å². The van der Waals surface area contributed by atoms with Crippen molar-refractivity contribution in [3.63, 3.8) is 0 Å². The van der Waals surface area contributed by atoms with Gasteiger partial charge in [0.2, 0.25) is 0 Å². The monoisotopic (exact) mass is 256 g/mol. The van der Waals surface area contributed by atoms with Crippen LogP contribution in [0.3, 0.4) is 0 Å². The molecular weight excluding hydrogens is 241 g/mol. The van der Waals surface area contributed by atoms with E-state index in [1.807, 2.05) is 0 Å². The summed E-state index contributed by atoms with van der Waals surface area (Å²) in [4.78, 5) is 12.4. The Bertz CT molecular complexity index is 280. The maximum atomic E-state index is 11.9. The van der Waals surface area contributed by atoms with E-state index >= 15 is 0 Å².